The van der Waals surface area contributed by atoms with Crippen LogP contribution in [0.5, 0.6) is 0 Å². The number of aromatic nitrogens is 2. The summed E-state index contributed by atoms with van der Waals surface area (Å²) in [6, 6.07) is 12.7. The van der Waals surface area contributed by atoms with Gasteiger partial charge < -0.3 is 9.88 Å². The van der Waals surface area contributed by atoms with Gasteiger partial charge in [-0.15, -0.1) is 0 Å². The molecule has 0 aliphatic heterocycles. The number of hydrogen-bond donors (Lipinski definition) is 2. The zero-order chi connectivity index (χ0) is 19.4. The molecule has 2 N–H and O–H groups in total. The predicted molar refractivity (Wildman–Crippen MR) is 110 cm³/mol. The number of hydrogen-bond acceptors (Lipinski definition) is 3. The fourth-order valence-corrected chi connectivity index (χ4v) is 3.30. The molecule has 7 heteroatoms. The van der Waals surface area contributed by atoms with Crippen molar-refractivity contribution in [2.24, 2.45) is 0 Å². The average molecular weight is 403 g/mol. The minimum absolute atomic E-state index is 0.00513. The van der Waals surface area contributed by atoms with Crippen molar-refractivity contribution in [3.8, 4) is 5.69 Å². The van der Waals surface area contributed by atoms with Gasteiger partial charge in [-0.2, -0.15) is 0 Å². The molecule has 27 heavy (non-hydrogen) atoms. The van der Waals surface area contributed by atoms with E-state index in [1.165, 1.54) is 0 Å². The van der Waals surface area contributed by atoms with Gasteiger partial charge in [-0.1, -0.05) is 35.3 Å². The van der Waals surface area contributed by atoms with E-state index in [0.29, 0.717) is 15.7 Å². The number of anilines is 1. The van der Waals surface area contributed by atoms with Crippen LogP contribution in [-0.2, 0) is 4.79 Å². The molecule has 0 aliphatic carbocycles. The summed E-state index contributed by atoms with van der Waals surface area (Å²) in [7, 11) is 0. The van der Waals surface area contributed by atoms with Crippen molar-refractivity contribution >= 4 is 34.8 Å². The first-order valence-corrected chi connectivity index (χ1v) is 9.29. The lowest BCUT2D eigenvalue weighted by Gasteiger charge is -2.20. The lowest BCUT2D eigenvalue weighted by molar-refractivity contribution is -0.117. The first kappa shape index (κ1) is 19.4. The topological polar surface area (TPSA) is 59.0 Å². The van der Waals surface area contributed by atoms with E-state index in [9.17, 15) is 4.79 Å². The highest BCUT2D eigenvalue weighted by atomic mass is 35.5. The molecule has 0 fully saturated rings. The van der Waals surface area contributed by atoms with Crippen molar-refractivity contribution in [1.29, 1.82) is 0 Å². The number of halogens is 2. The van der Waals surface area contributed by atoms with Gasteiger partial charge in [0.05, 0.1) is 12.4 Å². The van der Waals surface area contributed by atoms with Gasteiger partial charge >= 0.3 is 0 Å². The zero-order valence-electron chi connectivity index (χ0n) is 15.0. The van der Waals surface area contributed by atoms with Crippen molar-refractivity contribution in [3.63, 3.8) is 0 Å². The summed E-state index contributed by atoms with van der Waals surface area (Å²) in [5, 5.41) is 7.08. The normalized spacial score (nSPS) is 13.2. The van der Waals surface area contributed by atoms with Crippen LogP contribution in [0.3, 0.4) is 0 Å². The van der Waals surface area contributed by atoms with Gasteiger partial charge in [0.15, 0.2) is 0 Å². The first-order valence-electron chi connectivity index (χ1n) is 8.53. The lowest BCUT2D eigenvalue weighted by atomic mass is 10.1. The molecule has 3 aromatic rings. The minimum atomic E-state index is -0.397. The third-order valence-corrected chi connectivity index (χ3v) is 4.66. The van der Waals surface area contributed by atoms with E-state index in [0.717, 1.165) is 11.3 Å². The van der Waals surface area contributed by atoms with Crippen LogP contribution in [-0.4, -0.2) is 21.5 Å². The Morgan fingerprint density at radius 3 is 2.33 bits per heavy atom. The summed E-state index contributed by atoms with van der Waals surface area (Å²) >= 11 is 11.9. The van der Waals surface area contributed by atoms with Crippen molar-refractivity contribution in [2.45, 2.75) is 25.9 Å². The largest absolute Gasteiger partial charge is 0.325 e. The molecule has 2 aromatic carbocycles. The molecule has 2 atom stereocenters. The van der Waals surface area contributed by atoms with E-state index in [1.54, 1.807) is 30.7 Å². The highest BCUT2D eigenvalue weighted by molar-refractivity contribution is 6.35. The van der Waals surface area contributed by atoms with Gasteiger partial charge in [-0.05, 0) is 49.7 Å². The van der Waals surface area contributed by atoms with Gasteiger partial charge in [0.25, 0.3) is 0 Å². The highest BCUT2D eigenvalue weighted by Crippen LogP contribution is 2.23. The van der Waals surface area contributed by atoms with Gasteiger partial charge in [0, 0.05) is 39.9 Å². The van der Waals surface area contributed by atoms with Gasteiger partial charge in [-0.25, -0.2) is 4.98 Å². The first-order chi connectivity index (χ1) is 12.9. The van der Waals surface area contributed by atoms with E-state index in [1.807, 2.05) is 48.9 Å². The van der Waals surface area contributed by atoms with Crippen LogP contribution in [0.1, 0.15) is 25.5 Å². The van der Waals surface area contributed by atoms with Crippen LogP contribution in [0.15, 0.2) is 61.2 Å². The van der Waals surface area contributed by atoms with Crippen LogP contribution >= 0.6 is 23.2 Å². The van der Waals surface area contributed by atoms with Crippen LogP contribution in [0.4, 0.5) is 5.69 Å². The average Bonchev–Trinajstić information content (AvgIpc) is 3.15. The molecule has 1 heterocycles. The standard InChI is InChI=1S/C20H20Cl2N4O/c1-13(15-3-5-19(6-4-15)26-8-7-23-12-26)24-14(2)20(27)25-18-10-16(21)9-17(22)11-18/h3-14,24H,1-2H3,(H,25,27)/t13-,14-/m0/s1. The lowest BCUT2D eigenvalue weighted by Crippen LogP contribution is -2.39. The van der Waals surface area contributed by atoms with Crippen molar-refractivity contribution in [2.75, 3.05) is 5.32 Å². The minimum Gasteiger partial charge on any atom is -0.325 e. The molecular formula is C20H20Cl2N4O. The molecule has 0 aliphatic rings. The third-order valence-electron chi connectivity index (χ3n) is 4.22. The van der Waals surface area contributed by atoms with Gasteiger partial charge in [-0.3, -0.25) is 10.1 Å². The second kappa shape index (κ2) is 8.57. The smallest absolute Gasteiger partial charge is 0.241 e. The fraction of sp³-hybridized carbons (Fsp3) is 0.200. The summed E-state index contributed by atoms with van der Waals surface area (Å²) in [5.41, 5.74) is 2.69. The zero-order valence-corrected chi connectivity index (χ0v) is 16.5. The number of rotatable bonds is 6. The molecule has 3 rings (SSSR count). The molecule has 0 spiro atoms. The Hall–Kier alpha value is -2.34. The number of amides is 1. The molecular weight excluding hydrogens is 383 g/mol. The number of carbonyl (C=O) groups is 1. The van der Waals surface area contributed by atoms with E-state index in [-0.39, 0.29) is 11.9 Å². The van der Waals surface area contributed by atoms with E-state index in [4.69, 9.17) is 23.2 Å². The number of nitrogens with one attached hydrogen (secondary N) is 2. The van der Waals surface area contributed by atoms with Crippen molar-refractivity contribution in [3.05, 3.63) is 76.8 Å². The Labute approximate surface area is 168 Å². The van der Waals surface area contributed by atoms with E-state index in [2.05, 4.69) is 15.6 Å². The Kier molecular flexibility index (Phi) is 6.16. The fourth-order valence-electron chi connectivity index (χ4n) is 2.77. The second-order valence-electron chi connectivity index (χ2n) is 6.32. The number of nitrogens with zero attached hydrogens (tertiary/aromatic N) is 2. The molecule has 1 amide bonds. The SMILES string of the molecule is C[C@H](N[C@@H](C)c1ccc(-n2ccnc2)cc1)C(=O)Nc1cc(Cl)cc(Cl)c1. The van der Waals surface area contributed by atoms with E-state index < -0.39 is 6.04 Å². The van der Waals surface area contributed by atoms with Crippen LogP contribution in [0.2, 0.25) is 10.0 Å². The second-order valence-corrected chi connectivity index (χ2v) is 7.19. The van der Waals surface area contributed by atoms with Crippen molar-refractivity contribution in [1.82, 2.24) is 14.9 Å². The van der Waals surface area contributed by atoms with Crippen molar-refractivity contribution < 1.29 is 4.79 Å². The number of benzene rings is 2. The molecule has 0 unspecified atom stereocenters. The van der Waals surface area contributed by atoms with E-state index >= 15 is 0 Å². The monoisotopic (exact) mass is 402 g/mol. The van der Waals surface area contributed by atoms with Crippen LogP contribution < -0.4 is 10.6 Å². The summed E-state index contributed by atoms with van der Waals surface area (Å²) in [6.07, 6.45) is 5.39. The Morgan fingerprint density at radius 2 is 1.74 bits per heavy atom. The number of carbonyl (C=O) groups excluding carboxylic acids is 1. The highest BCUT2D eigenvalue weighted by Gasteiger charge is 2.17. The number of imidazole rings is 1. The maximum atomic E-state index is 12.4. The quantitative estimate of drug-likeness (QED) is 0.618. The summed E-state index contributed by atoms with van der Waals surface area (Å²) in [5.74, 6) is -0.157. The molecule has 140 valence electrons. The Bertz CT molecular complexity index is 890. The maximum Gasteiger partial charge on any atom is 0.241 e. The molecule has 0 saturated carbocycles. The van der Waals surface area contributed by atoms with Crippen LogP contribution in [0, 0.1) is 0 Å². The molecule has 0 bridgehead atoms. The van der Waals surface area contributed by atoms with Gasteiger partial charge in [0.2, 0.25) is 5.91 Å². The molecule has 5 nitrogen and oxygen atoms in total. The van der Waals surface area contributed by atoms with Crippen LogP contribution in [0.25, 0.3) is 5.69 Å². The summed E-state index contributed by atoms with van der Waals surface area (Å²) in [4.78, 5) is 16.5. The molecule has 1 aromatic heterocycles. The predicted octanol–water partition coefficient (Wildman–Crippen LogP) is 4.86. The summed E-state index contributed by atoms with van der Waals surface area (Å²) < 4.78 is 1.94. The summed E-state index contributed by atoms with van der Waals surface area (Å²) in [6.45, 7) is 3.84. The third kappa shape index (κ3) is 5.10. The molecule has 0 saturated heterocycles. The Morgan fingerprint density at radius 1 is 1.07 bits per heavy atom. The molecule has 0 radical (unpaired) electrons. The maximum absolute atomic E-state index is 12.4. The Balaban J connectivity index is 1.61. The van der Waals surface area contributed by atoms with Gasteiger partial charge in [0.1, 0.15) is 0 Å².